The molecule has 80 valence electrons. The molecule has 15 heavy (non-hydrogen) atoms. The van der Waals surface area contributed by atoms with Crippen LogP contribution in [0.5, 0.6) is 0 Å². The first-order valence-corrected chi connectivity index (χ1v) is 4.61. The van der Waals surface area contributed by atoms with Gasteiger partial charge in [0.25, 0.3) is 0 Å². The summed E-state index contributed by atoms with van der Waals surface area (Å²) in [5.41, 5.74) is 6.63. The summed E-state index contributed by atoms with van der Waals surface area (Å²) in [7, 11) is 0. The molecule has 0 saturated carbocycles. The fourth-order valence-corrected chi connectivity index (χ4v) is 1.22. The summed E-state index contributed by atoms with van der Waals surface area (Å²) in [5.74, 6) is -1.03. The van der Waals surface area contributed by atoms with Crippen LogP contribution in [0.2, 0.25) is 0 Å². The molecule has 1 aromatic rings. The highest BCUT2D eigenvalue weighted by Gasteiger charge is 2.10. The molecule has 0 radical (unpaired) electrons. The van der Waals surface area contributed by atoms with Crippen LogP contribution in [0, 0.1) is 0 Å². The molecule has 1 aromatic carbocycles. The molecule has 0 aliphatic carbocycles. The van der Waals surface area contributed by atoms with E-state index in [-0.39, 0.29) is 12.2 Å². The maximum Gasteiger partial charge on any atom is 0.307 e. The average Bonchev–Trinajstić information content (AvgIpc) is 2.17. The van der Waals surface area contributed by atoms with Crippen LogP contribution < -0.4 is 5.73 Å². The summed E-state index contributed by atoms with van der Waals surface area (Å²) < 4.78 is 0. The van der Waals surface area contributed by atoms with Crippen molar-refractivity contribution in [3.8, 4) is 0 Å². The zero-order valence-electron chi connectivity index (χ0n) is 8.43. The Morgan fingerprint density at radius 3 is 2.27 bits per heavy atom. The molecule has 0 heterocycles. The first-order valence-electron chi connectivity index (χ1n) is 4.61. The van der Waals surface area contributed by atoms with Crippen molar-refractivity contribution in [2.45, 2.75) is 19.4 Å². The highest BCUT2D eigenvalue weighted by molar-refractivity contribution is 5.99. The number of benzene rings is 1. The minimum atomic E-state index is -0.888. The van der Waals surface area contributed by atoms with E-state index in [9.17, 15) is 9.59 Å². The predicted octanol–water partition coefficient (Wildman–Crippen LogP) is 0.844. The molecule has 4 heteroatoms. The molecule has 0 fully saturated rings. The highest BCUT2D eigenvalue weighted by Crippen LogP contribution is 2.07. The van der Waals surface area contributed by atoms with Gasteiger partial charge in [-0.25, -0.2) is 0 Å². The van der Waals surface area contributed by atoms with Gasteiger partial charge >= 0.3 is 5.97 Å². The Morgan fingerprint density at radius 1 is 1.33 bits per heavy atom. The molecule has 0 aliphatic heterocycles. The maximum atomic E-state index is 11.4. The average molecular weight is 207 g/mol. The van der Waals surface area contributed by atoms with Crippen LogP contribution in [0.3, 0.4) is 0 Å². The van der Waals surface area contributed by atoms with Gasteiger partial charge in [0.2, 0.25) is 0 Å². The van der Waals surface area contributed by atoms with Crippen LogP contribution in [0.4, 0.5) is 0 Å². The van der Waals surface area contributed by atoms with Crippen LogP contribution in [0.25, 0.3) is 0 Å². The third kappa shape index (κ3) is 3.18. The molecular formula is C11H13NO3. The lowest BCUT2D eigenvalue weighted by atomic mass is 10.0. The van der Waals surface area contributed by atoms with E-state index in [1.807, 2.05) is 0 Å². The Hall–Kier alpha value is -1.68. The smallest absolute Gasteiger partial charge is 0.307 e. The molecule has 0 aromatic heterocycles. The fourth-order valence-electron chi connectivity index (χ4n) is 1.22. The number of carbonyl (C=O) groups excluding carboxylic acids is 1. The van der Waals surface area contributed by atoms with Gasteiger partial charge in [0.15, 0.2) is 5.78 Å². The Labute approximate surface area is 87.7 Å². The van der Waals surface area contributed by atoms with Gasteiger partial charge in [-0.3, -0.25) is 9.59 Å². The number of ketones is 1. The van der Waals surface area contributed by atoms with E-state index in [1.54, 1.807) is 31.2 Å². The summed E-state index contributed by atoms with van der Waals surface area (Å²) >= 11 is 0. The van der Waals surface area contributed by atoms with Crippen molar-refractivity contribution in [1.29, 1.82) is 0 Å². The van der Waals surface area contributed by atoms with E-state index in [2.05, 4.69) is 0 Å². The van der Waals surface area contributed by atoms with Gasteiger partial charge in [-0.2, -0.15) is 0 Å². The number of Topliss-reactive ketones (excluding diaryl/α,β-unsaturated/α-hetero) is 1. The van der Waals surface area contributed by atoms with Crippen molar-refractivity contribution in [1.82, 2.24) is 0 Å². The second kappa shape index (κ2) is 4.70. The van der Waals surface area contributed by atoms with E-state index < -0.39 is 12.0 Å². The lowest BCUT2D eigenvalue weighted by molar-refractivity contribution is -0.136. The normalized spacial score (nSPS) is 12.1. The summed E-state index contributed by atoms with van der Waals surface area (Å²) in [6.45, 7) is 1.62. The summed E-state index contributed by atoms with van der Waals surface area (Å²) in [4.78, 5) is 21.8. The van der Waals surface area contributed by atoms with E-state index in [0.29, 0.717) is 11.1 Å². The number of aliphatic carboxylic acids is 1. The van der Waals surface area contributed by atoms with Crippen molar-refractivity contribution in [3.05, 3.63) is 35.4 Å². The second-order valence-electron chi connectivity index (χ2n) is 3.42. The number of hydrogen-bond donors (Lipinski definition) is 2. The molecule has 0 spiro atoms. The quantitative estimate of drug-likeness (QED) is 0.717. The minimum absolute atomic E-state index is 0.0351. The van der Waals surface area contributed by atoms with Gasteiger partial charge in [-0.1, -0.05) is 24.3 Å². The Morgan fingerprint density at radius 2 is 1.87 bits per heavy atom. The molecule has 4 nitrogen and oxygen atoms in total. The molecule has 0 aliphatic rings. The van der Waals surface area contributed by atoms with Crippen LogP contribution in [0.15, 0.2) is 24.3 Å². The van der Waals surface area contributed by atoms with Crippen LogP contribution >= 0.6 is 0 Å². The first kappa shape index (κ1) is 11.4. The van der Waals surface area contributed by atoms with Crippen LogP contribution in [0.1, 0.15) is 22.8 Å². The molecule has 1 unspecified atom stereocenters. The van der Waals surface area contributed by atoms with E-state index in [1.165, 1.54) is 0 Å². The van der Waals surface area contributed by atoms with Gasteiger partial charge in [0.1, 0.15) is 0 Å². The van der Waals surface area contributed by atoms with Crippen molar-refractivity contribution in [2.24, 2.45) is 5.73 Å². The Bertz CT molecular complexity index is 368. The first-order chi connectivity index (χ1) is 7.00. The van der Waals surface area contributed by atoms with Gasteiger partial charge in [-0.15, -0.1) is 0 Å². The Balaban J connectivity index is 2.81. The second-order valence-corrected chi connectivity index (χ2v) is 3.42. The largest absolute Gasteiger partial charge is 0.481 e. The van der Waals surface area contributed by atoms with Gasteiger partial charge in [0, 0.05) is 5.56 Å². The van der Waals surface area contributed by atoms with E-state index >= 15 is 0 Å². The van der Waals surface area contributed by atoms with Crippen LogP contribution in [-0.2, 0) is 11.2 Å². The minimum Gasteiger partial charge on any atom is -0.481 e. The Kier molecular flexibility index (Phi) is 3.57. The molecule has 1 rings (SSSR count). The van der Waals surface area contributed by atoms with Crippen molar-refractivity contribution in [3.63, 3.8) is 0 Å². The number of nitrogens with two attached hydrogens (primary N) is 1. The summed E-state index contributed by atoms with van der Waals surface area (Å²) in [6.07, 6.45) is -0.0351. The SMILES string of the molecule is CC(N)C(=O)c1ccc(CC(=O)O)cc1. The van der Waals surface area contributed by atoms with Gasteiger partial charge in [-0.05, 0) is 12.5 Å². The molecule has 0 saturated heterocycles. The molecule has 0 bridgehead atoms. The fraction of sp³-hybridized carbons (Fsp3) is 0.273. The zero-order chi connectivity index (χ0) is 11.4. The lowest BCUT2D eigenvalue weighted by Gasteiger charge is -2.04. The van der Waals surface area contributed by atoms with E-state index in [0.717, 1.165) is 0 Å². The summed E-state index contributed by atoms with van der Waals surface area (Å²) in [5, 5.41) is 8.55. The number of carbonyl (C=O) groups is 2. The van der Waals surface area contributed by atoms with E-state index in [4.69, 9.17) is 10.8 Å². The zero-order valence-corrected chi connectivity index (χ0v) is 8.43. The van der Waals surface area contributed by atoms with Gasteiger partial charge in [0.05, 0.1) is 12.5 Å². The number of carboxylic acids is 1. The monoisotopic (exact) mass is 207 g/mol. The third-order valence-electron chi connectivity index (χ3n) is 2.01. The molecule has 1 atom stereocenters. The standard InChI is InChI=1S/C11H13NO3/c1-7(12)11(15)9-4-2-8(3-5-9)6-10(13)14/h2-5,7H,6,12H2,1H3,(H,13,14). The number of carboxylic acid groups (broad SMARTS) is 1. The lowest BCUT2D eigenvalue weighted by Crippen LogP contribution is -2.26. The van der Waals surface area contributed by atoms with Crippen LogP contribution in [-0.4, -0.2) is 22.9 Å². The van der Waals surface area contributed by atoms with Crippen molar-refractivity contribution >= 4 is 11.8 Å². The highest BCUT2D eigenvalue weighted by atomic mass is 16.4. The van der Waals surface area contributed by atoms with Gasteiger partial charge < -0.3 is 10.8 Å². The summed E-state index contributed by atoms with van der Waals surface area (Å²) in [6, 6.07) is 5.93. The third-order valence-corrected chi connectivity index (χ3v) is 2.01. The topological polar surface area (TPSA) is 80.4 Å². The molecule has 3 N–H and O–H groups in total. The molecular weight excluding hydrogens is 194 g/mol. The molecule has 0 amide bonds. The number of hydrogen-bond acceptors (Lipinski definition) is 3. The van der Waals surface area contributed by atoms with Crippen molar-refractivity contribution < 1.29 is 14.7 Å². The predicted molar refractivity (Wildman–Crippen MR) is 55.8 cm³/mol. The maximum absolute atomic E-state index is 11.4. The number of rotatable bonds is 4. The van der Waals surface area contributed by atoms with Crippen molar-refractivity contribution in [2.75, 3.05) is 0 Å².